The molecule has 1 aromatic rings. The number of anilines is 1. The van der Waals surface area contributed by atoms with E-state index in [1.165, 1.54) is 12.1 Å². The highest BCUT2D eigenvalue weighted by Crippen LogP contribution is 2.07. The standard InChI is InChI=1S/C9H8BrFN2/c10-6-2-1-3-8-7(12)4-5-9(11)13-8/h4-5H,2,6,12H2. The van der Waals surface area contributed by atoms with E-state index in [9.17, 15) is 4.39 Å². The van der Waals surface area contributed by atoms with Gasteiger partial charge in [-0.1, -0.05) is 21.9 Å². The highest BCUT2D eigenvalue weighted by molar-refractivity contribution is 9.09. The molecule has 0 spiro atoms. The first-order chi connectivity index (χ1) is 6.24. The Morgan fingerprint density at radius 2 is 2.31 bits per heavy atom. The zero-order valence-corrected chi connectivity index (χ0v) is 8.44. The average Bonchev–Trinajstić information content (AvgIpc) is 2.11. The van der Waals surface area contributed by atoms with Gasteiger partial charge in [0.15, 0.2) is 0 Å². The van der Waals surface area contributed by atoms with E-state index < -0.39 is 5.95 Å². The van der Waals surface area contributed by atoms with Gasteiger partial charge in [0, 0.05) is 11.8 Å². The molecule has 0 bridgehead atoms. The normalized spacial score (nSPS) is 9.08. The fourth-order valence-electron chi connectivity index (χ4n) is 0.740. The molecule has 0 saturated heterocycles. The lowest BCUT2D eigenvalue weighted by atomic mass is 10.3. The summed E-state index contributed by atoms with van der Waals surface area (Å²) in [6.07, 6.45) is 0.692. The Hall–Kier alpha value is -1.08. The molecule has 0 radical (unpaired) electrons. The minimum atomic E-state index is -0.558. The number of pyridine rings is 1. The first-order valence-corrected chi connectivity index (χ1v) is 4.83. The molecule has 0 saturated carbocycles. The van der Waals surface area contributed by atoms with Crippen LogP contribution in [0, 0.1) is 17.8 Å². The summed E-state index contributed by atoms with van der Waals surface area (Å²) in [6, 6.07) is 2.67. The van der Waals surface area contributed by atoms with Gasteiger partial charge in [-0.05, 0) is 18.1 Å². The van der Waals surface area contributed by atoms with Gasteiger partial charge in [-0.15, -0.1) is 0 Å². The lowest BCUT2D eigenvalue weighted by molar-refractivity contribution is 0.583. The van der Waals surface area contributed by atoms with Crippen LogP contribution < -0.4 is 5.73 Å². The van der Waals surface area contributed by atoms with Crippen molar-refractivity contribution in [2.45, 2.75) is 6.42 Å². The Labute approximate surface area is 84.5 Å². The molecule has 0 aliphatic carbocycles. The van der Waals surface area contributed by atoms with Crippen molar-refractivity contribution in [3.05, 3.63) is 23.8 Å². The predicted octanol–water partition coefficient (Wildman–Crippen LogP) is 1.94. The van der Waals surface area contributed by atoms with Crippen molar-refractivity contribution in [3.8, 4) is 11.8 Å². The molecule has 2 N–H and O–H groups in total. The quantitative estimate of drug-likeness (QED) is 0.465. The van der Waals surface area contributed by atoms with Gasteiger partial charge in [-0.3, -0.25) is 0 Å². The number of nitrogen functional groups attached to an aromatic ring is 1. The zero-order chi connectivity index (χ0) is 9.68. The number of halogens is 2. The van der Waals surface area contributed by atoms with E-state index in [2.05, 4.69) is 32.8 Å². The van der Waals surface area contributed by atoms with Crippen LogP contribution in [0.15, 0.2) is 12.1 Å². The van der Waals surface area contributed by atoms with E-state index in [0.29, 0.717) is 17.8 Å². The lowest BCUT2D eigenvalue weighted by Gasteiger charge is -1.95. The van der Waals surface area contributed by atoms with Crippen LogP contribution in [0.5, 0.6) is 0 Å². The van der Waals surface area contributed by atoms with Crippen LogP contribution >= 0.6 is 15.9 Å². The van der Waals surface area contributed by atoms with Crippen molar-refractivity contribution >= 4 is 21.6 Å². The third-order valence-corrected chi connectivity index (χ3v) is 1.72. The monoisotopic (exact) mass is 242 g/mol. The largest absolute Gasteiger partial charge is 0.396 e. The molecule has 0 fully saturated rings. The first-order valence-electron chi connectivity index (χ1n) is 3.71. The molecule has 2 nitrogen and oxygen atoms in total. The summed E-state index contributed by atoms with van der Waals surface area (Å²) in [7, 11) is 0. The maximum Gasteiger partial charge on any atom is 0.214 e. The first kappa shape index (κ1) is 10.0. The third kappa shape index (κ3) is 3.03. The smallest absolute Gasteiger partial charge is 0.214 e. The van der Waals surface area contributed by atoms with Crippen LogP contribution in [0.3, 0.4) is 0 Å². The molecule has 1 heterocycles. The van der Waals surface area contributed by atoms with Crippen LogP contribution in [0.1, 0.15) is 12.1 Å². The van der Waals surface area contributed by atoms with E-state index in [0.717, 1.165) is 5.33 Å². The van der Waals surface area contributed by atoms with Gasteiger partial charge >= 0.3 is 0 Å². The van der Waals surface area contributed by atoms with Crippen LogP contribution in [-0.4, -0.2) is 10.3 Å². The van der Waals surface area contributed by atoms with E-state index in [1.54, 1.807) is 0 Å². The number of alkyl halides is 1. The highest BCUT2D eigenvalue weighted by atomic mass is 79.9. The van der Waals surface area contributed by atoms with Crippen LogP contribution in [0.4, 0.5) is 10.1 Å². The van der Waals surface area contributed by atoms with E-state index in [4.69, 9.17) is 5.73 Å². The summed E-state index contributed by atoms with van der Waals surface area (Å²) >= 11 is 3.23. The van der Waals surface area contributed by atoms with Gasteiger partial charge in [0.05, 0.1) is 5.69 Å². The van der Waals surface area contributed by atoms with Gasteiger partial charge < -0.3 is 5.73 Å². The highest BCUT2D eigenvalue weighted by Gasteiger charge is 1.98. The van der Waals surface area contributed by atoms with E-state index in [1.807, 2.05) is 0 Å². The molecule has 0 aliphatic rings. The van der Waals surface area contributed by atoms with E-state index in [-0.39, 0.29) is 0 Å². The molecule has 1 rings (SSSR count). The van der Waals surface area contributed by atoms with Gasteiger partial charge in [0.25, 0.3) is 0 Å². The summed E-state index contributed by atoms with van der Waals surface area (Å²) in [5.41, 5.74) is 6.24. The molecule has 0 aliphatic heterocycles. The molecule has 0 aromatic carbocycles. The summed E-state index contributed by atoms with van der Waals surface area (Å²) in [5, 5.41) is 0.787. The van der Waals surface area contributed by atoms with Crippen molar-refractivity contribution in [3.63, 3.8) is 0 Å². The Bertz CT molecular complexity index is 354. The number of hydrogen-bond donors (Lipinski definition) is 1. The maximum absolute atomic E-state index is 12.6. The second-order valence-corrected chi connectivity index (χ2v) is 3.11. The molecule has 0 atom stereocenters. The van der Waals surface area contributed by atoms with Crippen LogP contribution in [0.2, 0.25) is 0 Å². The van der Waals surface area contributed by atoms with Crippen molar-refractivity contribution < 1.29 is 4.39 Å². The van der Waals surface area contributed by atoms with Crippen molar-refractivity contribution in [2.24, 2.45) is 0 Å². The van der Waals surface area contributed by atoms with Gasteiger partial charge in [0.2, 0.25) is 5.95 Å². The molecular formula is C9H8BrFN2. The van der Waals surface area contributed by atoms with Crippen molar-refractivity contribution in [1.29, 1.82) is 0 Å². The molecule has 4 heteroatoms. The number of aromatic nitrogens is 1. The lowest BCUT2D eigenvalue weighted by Crippen LogP contribution is -1.95. The summed E-state index contributed by atoms with van der Waals surface area (Å²) in [6.45, 7) is 0. The zero-order valence-electron chi connectivity index (χ0n) is 6.85. The maximum atomic E-state index is 12.6. The van der Waals surface area contributed by atoms with Gasteiger partial charge in [-0.25, -0.2) is 4.98 Å². The summed E-state index contributed by atoms with van der Waals surface area (Å²) in [5.74, 6) is 4.95. The average molecular weight is 243 g/mol. The van der Waals surface area contributed by atoms with Gasteiger partial charge in [0.1, 0.15) is 5.69 Å². The van der Waals surface area contributed by atoms with E-state index >= 15 is 0 Å². The SMILES string of the molecule is Nc1ccc(F)nc1C#CCCBr. The number of nitrogens with two attached hydrogens (primary N) is 1. The Morgan fingerprint density at radius 1 is 1.54 bits per heavy atom. The van der Waals surface area contributed by atoms with Crippen LogP contribution in [-0.2, 0) is 0 Å². The minimum absolute atomic E-state index is 0.306. The topological polar surface area (TPSA) is 38.9 Å². The number of rotatable bonds is 1. The van der Waals surface area contributed by atoms with Gasteiger partial charge in [-0.2, -0.15) is 4.39 Å². The molecule has 68 valence electrons. The Kier molecular flexibility index (Phi) is 3.71. The van der Waals surface area contributed by atoms with Crippen LogP contribution in [0.25, 0.3) is 0 Å². The Morgan fingerprint density at radius 3 is 3.00 bits per heavy atom. The molecular weight excluding hydrogens is 235 g/mol. The molecule has 0 unspecified atom stereocenters. The number of nitrogens with zero attached hydrogens (tertiary/aromatic N) is 1. The third-order valence-electron chi connectivity index (χ3n) is 1.32. The fraction of sp³-hybridized carbons (Fsp3) is 0.222. The van der Waals surface area contributed by atoms with Crippen molar-refractivity contribution in [1.82, 2.24) is 4.98 Å². The summed E-state index contributed by atoms with van der Waals surface area (Å²) < 4.78 is 12.6. The molecule has 0 amide bonds. The Balaban J connectivity index is 2.89. The summed E-state index contributed by atoms with van der Waals surface area (Å²) in [4.78, 5) is 3.56. The molecule has 1 aromatic heterocycles. The fourth-order valence-corrected chi connectivity index (χ4v) is 0.938. The molecule has 13 heavy (non-hydrogen) atoms. The predicted molar refractivity (Wildman–Crippen MR) is 53.9 cm³/mol. The van der Waals surface area contributed by atoms with Crippen molar-refractivity contribution in [2.75, 3.05) is 11.1 Å². The second kappa shape index (κ2) is 4.83. The minimum Gasteiger partial charge on any atom is -0.396 e. The second-order valence-electron chi connectivity index (χ2n) is 2.31. The number of hydrogen-bond acceptors (Lipinski definition) is 2.